The van der Waals surface area contributed by atoms with Crippen molar-refractivity contribution in [1.29, 1.82) is 0 Å². The number of carbonyl (C=O) groups excluding carboxylic acids is 1. The van der Waals surface area contributed by atoms with Crippen LogP contribution in [0.2, 0.25) is 5.02 Å². The van der Waals surface area contributed by atoms with Crippen LogP contribution in [-0.2, 0) is 4.79 Å². The first-order valence-corrected chi connectivity index (χ1v) is 5.51. The number of carbonyl (C=O) groups is 1. The SMILES string of the molecule is O=C1Nc2cccc(Cl)c2N2CCCC12. The van der Waals surface area contributed by atoms with Crippen molar-refractivity contribution in [2.24, 2.45) is 0 Å². The van der Waals surface area contributed by atoms with Gasteiger partial charge in [0.25, 0.3) is 0 Å². The van der Waals surface area contributed by atoms with Gasteiger partial charge in [0.05, 0.1) is 16.4 Å². The van der Waals surface area contributed by atoms with Crippen LogP contribution in [0.15, 0.2) is 18.2 Å². The number of amides is 1. The molecule has 2 heterocycles. The molecule has 15 heavy (non-hydrogen) atoms. The van der Waals surface area contributed by atoms with Gasteiger partial charge < -0.3 is 10.2 Å². The monoisotopic (exact) mass is 222 g/mol. The molecule has 0 aromatic heterocycles. The predicted molar refractivity (Wildman–Crippen MR) is 60.4 cm³/mol. The van der Waals surface area contributed by atoms with Gasteiger partial charge in [0.2, 0.25) is 5.91 Å². The van der Waals surface area contributed by atoms with Crippen LogP contribution in [-0.4, -0.2) is 18.5 Å². The molecule has 0 saturated carbocycles. The van der Waals surface area contributed by atoms with Gasteiger partial charge >= 0.3 is 0 Å². The number of hydrogen-bond donors (Lipinski definition) is 1. The van der Waals surface area contributed by atoms with Crippen LogP contribution in [0.4, 0.5) is 11.4 Å². The van der Waals surface area contributed by atoms with Crippen molar-refractivity contribution in [2.45, 2.75) is 18.9 Å². The standard InChI is InChI=1S/C11H11ClN2O/c12-7-3-1-4-8-10(7)14-6-2-5-9(14)11(15)13-8/h1,3-4,9H,2,5-6H2,(H,13,15). The molecule has 78 valence electrons. The van der Waals surface area contributed by atoms with E-state index in [0.29, 0.717) is 0 Å². The van der Waals surface area contributed by atoms with E-state index in [2.05, 4.69) is 10.2 Å². The number of nitrogens with zero attached hydrogens (tertiary/aromatic N) is 1. The highest BCUT2D eigenvalue weighted by molar-refractivity contribution is 6.34. The Morgan fingerprint density at radius 2 is 2.33 bits per heavy atom. The molecule has 1 saturated heterocycles. The van der Waals surface area contributed by atoms with Gasteiger partial charge in [-0.1, -0.05) is 17.7 Å². The zero-order valence-corrected chi connectivity index (χ0v) is 8.92. The zero-order chi connectivity index (χ0) is 10.4. The van der Waals surface area contributed by atoms with E-state index in [1.807, 2.05) is 18.2 Å². The Morgan fingerprint density at radius 3 is 3.20 bits per heavy atom. The van der Waals surface area contributed by atoms with Crippen molar-refractivity contribution >= 4 is 28.9 Å². The lowest BCUT2D eigenvalue weighted by molar-refractivity contribution is -0.117. The molecule has 3 rings (SSSR count). The number of para-hydroxylation sites is 1. The Balaban J connectivity index is 2.16. The topological polar surface area (TPSA) is 32.3 Å². The maximum absolute atomic E-state index is 11.8. The van der Waals surface area contributed by atoms with Crippen LogP contribution in [0.1, 0.15) is 12.8 Å². The van der Waals surface area contributed by atoms with E-state index in [4.69, 9.17) is 11.6 Å². The van der Waals surface area contributed by atoms with E-state index in [9.17, 15) is 4.79 Å². The third-order valence-corrected chi connectivity index (χ3v) is 3.39. The molecule has 1 N–H and O–H groups in total. The second kappa shape index (κ2) is 3.14. The Kier molecular flexibility index (Phi) is 1.89. The Labute approximate surface area is 93.0 Å². The summed E-state index contributed by atoms with van der Waals surface area (Å²) in [4.78, 5) is 13.9. The molecule has 0 radical (unpaired) electrons. The summed E-state index contributed by atoms with van der Waals surface area (Å²) in [5, 5.41) is 3.63. The number of anilines is 2. The highest BCUT2D eigenvalue weighted by Gasteiger charge is 2.37. The smallest absolute Gasteiger partial charge is 0.247 e. The van der Waals surface area contributed by atoms with Gasteiger partial charge in [-0.15, -0.1) is 0 Å². The van der Waals surface area contributed by atoms with E-state index in [1.54, 1.807) is 0 Å². The Hall–Kier alpha value is -1.22. The van der Waals surface area contributed by atoms with Crippen molar-refractivity contribution in [1.82, 2.24) is 0 Å². The summed E-state index contributed by atoms with van der Waals surface area (Å²) >= 11 is 6.16. The van der Waals surface area contributed by atoms with Crippen LogP contribution >= 0.6 is 11.6 Å². The van der Waals surface area contributed by atoms with Crippen molar-refractivity contribution in [3.8, 4) is 0 Å². The summed E-state index contributed by atoms with van der Waals surface area (Å²) in [5.74, 6) is 0.0993. The van der Waals surface area contributed by atoms with Crippen molar-refractivity contribution in [2.75, 3.05) is 16.8 Å². The van der Waals surface area contributed by atoms with Crippen molar-refractivity contribution in [3.05, 3.63) is 23.2 Å². The van der Waals surface area contributed by atoms with E-state index < -0.39 is 0 Å². The normalized spacial score (nSPS) is 23.4. The number of rotatable bonds is 0. The fourth-order valence-electron chi connectivity index (χ4n) is 2.43. The van der Waals surface area contributed by atoms with E-state index in [-0.39, 0.29) is 11.9 Å². The second-order valence-corrected chi connectivity index (χ2v) is 4.38. The van der Waals surface area contributed by atoms with Gasteiger partial charge in [-0.25, -0.2) is 0 Å². The van der Waals surface area contributed by atoms with Crippen LogP contribution in [0.25, 0.3) is 0 Å². The lowest BCUT2D eigenvalue weighted by Crippen LogP contribution is -2.44. The molecule has 2 aliphatic heterocycles. The van der Waals surface area contributed by atoms with Crippen LogP contribution in [0.5, 0.6) is 0 Å². The first-order valence-electron chi connectivity index (χ1n) is 5.13. The highest BCUT2D eigenvalue weighted by Crippen LogP contribution is 2.41. The molecule has 0 bridgehead atoms. The molecule has 2 aliphatic rings. The summed E-state index contributed by atoms with van der Waals surface area (Å²) in [7, 11) is 0. The molecule has 4 heteroatoms. The number of nitrogens with one attached hydrogen (secondary N) is 1. The first kappa shape index (κ1) is 9.04. The molecule has 3 nitrogen and oxygen atoms in total. The summed E-state index contributed by atoms with van der Waals surface area (Å²) in [6, 6.07) is 5.61. The fourth-order valence-corrected chi connectivity index (χ4v) is 2.71. The molecule has 1 aromatic rings. The lowest BCUT2D eigenvalue weighted by atomic mass is 10.1. The fraction of sp³-hybridized carbons (Fsp3) is 0.364. The predicted octanol–water partition coefficient (Wildman–Crippen LogP) is 2.26. The molecular weight excluding hydrogens is 212 g/mol. The Morgan fingerprint density at radius 1 is 1.47 bits per heavy atom. The maximum atomic E-state index is 11.8. The summed E-state index contributed by atoms with van der Waals surface area (Å²) < 4.78 is 0. The van der Waals surface area contributed by atoms with E-state index in [0.717, 1.165) is 35.8 Å². The van der Waals surface area contributed by atoms with Gasteiger partial charge in [0, 0.05) is 6.54 Å². The zero-order valence-electron chi connectivity index (χ0n) is 8.16. The molecule has 0 spiro atoms. The minimum absolute atomic E-state index is 0.0163. The average molecular weight is 223 g/mol. The number of benzene rings is 1. The second-order valence-electron chi connectivity index (χ2n) is 3.98. The average Bonchev–Trinajstić information content (AvgIpc) is 2.66. The van der Waals surface area contributed by atoms with Crippen molar-refractivity contribution < 1.29 is 4.79 Å². The van der Waals surface area contributed by atoms with Crippen LogP contribution in [0.3, 0.4) is 0 Å². The minimum atomic E-state index is -0.0163. The molecule has 1 atom stereocenters. The highest BCUT2D eigenvalue weighted by atomic mass is 35.5. The third-order valence-electron chi connectivity index (χ3n) is 3.09. The van der Waals surface area contributed by atoms with Gasteiger partial charge in [-0.3, -0.25) is 4.79 Å². The molecule has 0 aliphatic carbocycles. The van der Waals surface area contributed by atoms with Gasteiger partial charge in [0.15, 0.2) is 0 Å². The quantitative estimate of drug-likeness (QED) is 0.730. The van der Waals surface area contributed by atoms with E-state index in [1.165, 1.54) is 0 Å². The van der Waals surface area contributed by atoms with Crippen LogP contribution in [0, 0.1) is 0 Å². The van der Waals surface area contributed by atoms with E-state index >= 15 is 0 Å². The molecule has 1 aromatic carbocycles. The molecule has 1 amide bonds. The summed E-state index contributed by atoms with van der Waals surface area (Å²) in [6.07, 6.45) is 1.99. The third kappa shape index (κ3) is 1.23. The largest absolute Gasteiger partial charge is 0.357 e. The lowest BCUT2D eigenvalue weighted by Gasteiger charge is -2.33. The number of fused-ring (bicyclic) bond motifs is 3. The van der Waals surface area contributed by atoms with Gasteiger partial charge in [-0.2, -0.15) is 0 Å². The number of hydrogen-bond acceptors (Lipinski definition) is 2. The van der Waals surface area contributed by atoms with Crippen LogP contribution < -0.4 is 10.2 Å². The Bertz CT molecular complexity index is 433. The molecule has 1 fully saturated rings. The van der Waals surface area contributed by atoms with Gasteiger partial charge in [0.1, 0.15) is 6.04 Å². The summed E-state index contributed by atoms with van der Waals surface area (Å²) in [6.45, 7) is 0.925. The van der Waals surface area contributed by atoms with Gasteiger partial charge in [-0.05, 0) is 25.0 Å². The molecule has 1 unspecified atom stereocenters. The molecular formula is C11H11ClN2O. The minimum Gasteiger partial charge on any atom is -0.357 e. The number of halogens is 1. The maximum Gasteiger partial charge on any atom is 0.247 e. The first-order chi connectivity index (χ1) is 7.27. The van der Waals surface area contributed by atoms with Crippen molar-refractivity contribution in [3.63, 3.8) is 0 Å². The summed E-state index contributed by atoms with van der Waals surface area (Å²) in [5.41, 5.74) is 1.83.